The standard InChI is InChI=1S/C14H22ClNO/c1-4-9-16-10-14(2,3)11-17-13-7-5-12(15)6-8-13/h5-8,16H,4,9-11H2,1-3H3. The van der Waals surface area contributed by atoms with E-state index in [1.165, 1.54) is 0 Å². The molecule has 0 atom stereocenters. The molecule has 0 aliphatic carbocycles. The number of hydrogen-bond donors (Lipinski definition) is 1. The van der Waals surface area contributed by atoms with Crippen LogP contribution in [0, 0.1) is 5.41 Å². The van der Waals surface area contributed by atoms with Gasteiger partial charge in [0.05, 0.1) is 6.61 Å². The normalized spacial score (nSPS) is 11.5. The van der Waals surface area contributed by atoms with Crippen molar-refractivity contribution < 1.29 is 4.74 Å². The minimum absolute atomic E-state index is 0.134. The highest BCUT2D eigenvalue weighted by molar-refractivity contribution is 6.30. The first-order valence-corrected chi connectivity index (χ1v) is 6.50. The molecule has 2 nitrogen and oxygen atoms in total. The summed E-state index contributed by atoms with van der Waals surface area (Å²) in [5.41, 5.74) is 0.134. The highest BCUT2D eigenvalue weighted by Crippen LogP contribution is 2.19. The zero-order valence-corrected chi connectivity index (χ0v) is 11.7. The third-order valence-electron chi connectivity index (χ3n) is 2.47. The Kier molecular flexibility index (Phi) is 5.79. The van der Waals surface area contributed by atoms with E-state index < -0.39 is 0 Å². The molecular weight excluding hydrogens is 234 g/mol. The maximum absolute atomic E-state index is 5.82. The van der Waals surface area contributed by atoms with Crippen LogP contribution >= 0.6 is 11.6 Å². The third-order valence-corrected chi connectivity index (χ3v) is 2.73. The molecule has 0 bridgehead atoms. The minimum atomic E-state index is 0.134. The number of ether oxygens (including phenoxy) is 1. The van der Waals surface area contributed by atoms with E-state index in [1.807, 2.05) is 24.3 Å². The van der Waals surface area contributed by atoms with Crippen molar-refractivity contribution in [2.75, 3.05) is 19.7 Å². The average molecular weight is 256 g/mol. The van der Waals surface area contributed by atoms with E-state index in [9.17, 15) is 0 Å². The van der Waals surface area contributed by atoms with Gasteiger partial charge in [-0.2, -0.15) is 0 Å². The van der Waals surface area contributed by atoms with Crippen molar-refractivity contribution in [2.45, 2.75) is 27.2 Å². The van der Waals surface area contributed by atoms with Crippen LogP contribution in [-0.2, 0) is 0 Å². The highest BCUT2D eigenvalue weighted by atomic mass is 35.5. The van der Waals surface area contributed by atoms with E-state index in [4.69, 9.17) is 16.3 Å². The minimum Gasteiger partial charge on any atom is -0.493 e. The van der Waals surface area contributed by atoms with Gasteiger partial charge >= 0.3 is 0 Å². The van der Waals surface area contributed by atoms with Crippen molar-refractivity contribution in [2.24, 2.45) is 5.41 Å². The second-order valence-electron chi connectivity index (χ2n) is 5.08. The second-order valence-corrected chi connectivity index (χ2v) is 5.52. The second kappa shape index (κ2) is 6.87. The molecule has 3 heteroatoms. The summed E-state index contributed by atoms with van der Waals surface area (Å²) in [7, 11) is 0. The van der Waals surface area contributed by atoms with E-state index in [0.717, 1.165) is 30.3 Å². The van der Waals surface area contributed by atoms with E-state index in [2.05, 4.69) is 26.1 Å². The summed E-state index contributed by atoms with van der Waals surface area (Å²) in [6.45, 7) is 9.30. The van der Waals surface area contributed by atoms with Gasteiger partial charge in [0.15, 0.2) is 0 Å². The molecule has 0 aliphatic heterocycles. The molecular formula is C14H22ClNO. The van der Waals surface area contributed by atoms with E-state index in [-0.39, 0.29) is 5.41 Å². The van der Waals surface area contributed by atoms with Crippen LogP contribution in [0.25, 0.3) is 0 Å². The molecule has 1 aromatic carbocycles. The van der Waals surface area contributed by atoms with Crippen LogP contribution in [0.15, 0.2) is 24.3 Å². The summed E-state index contributed by atoms with van der Waals surface area (Å²) in [4.78, 5) is 0. The lowest BCUT2D eigenvalue weighted by molar-refractivity contribution is 0.176. The number of benzene rings is 1. The summed E-state index contributed by atoms with van der Waals surface area (Å²) < 4.78 is 5.76. The molecule has 0 aliphatic rings. The summed E-state index contributed by atoms with van der Waals surface area (Å²) in [5.74, 6) is 0.873. The van der Waals surface area contributed by atoms with Crippen molar-refractivity contribution >= 4 is 11.6 Å². The fraction of sp³-hybridized carbons (Fsp3) is 0.571. The van der Waals surface area contributed by atoms with Crippen LogP contribution in [0.2, 0.25) is 5.02 Å². The van der Waals surface area contributed by atoms with Gasteiger partial charge in [0, 0.05) is 17.0 Å². The third kappa shape index (κ3) is 5.94. The Balaban J connectivity index is 2.35. The van der Waals surface area contributed by atoms with Crippen molar-refractivity contribution in [3.63, 3.8) is 0 Å². The molecule has 0 saturated carbocycles. The van der Waals surface area contributed by atoms with E-state index in [0.29, 0.717) is 6.61 Å². The van der Waals surface area contributed by atoms with Gasteiger partial charge in [0.1, 0.15) is 5.75 Å². The number of nitrogens with one attached hydrogen (secondary N) is 1. The Morgan fingerprint density at radius 3 is 2.47 bits per heavy atom. The molecule has 0 aromatic heterocycles. The lowest BCUT2D eigenvalue weighted by Gasteiger charge is -2.25. The molecule has 0 spiro atoms. The zero-order chi connectivity index (χ0) is 12.7. The van der Waals surface area contributed by atoms with Gasteiger partial charge in [-0.15, -0.1) is 0 Å². The molecule has 0 heterocycles. The summed E-state index contributed by atoms with van der Waals surface area (Å²) in [6, 6.07) is 7.49. The van der Waals surface area contributed by atoms with Crippen molar-refractivity contribution in [3.05, 3.63) is 29.3 Å². The molecule has 1 N–H and O–H groups in total. The number of hydrogen-bond acceptors (Lipinski definition) is 2. The van der Waals surface area contributed by atoms with E-state index in [1.54, 1.807) is 0 Å². The van der Waals surface area contributed by atoms with Gasteiger partial charge in [-0.3, -0.25) is 0 Å². The average Bonchev–Trinajstić information content (AvgIpc) is 2.29. The van der Waals surface area contributed by atoms with Gasteiger partial charge in [0.25, 0.3) is 0 Å². The lowest BCUT2D eigenvalue weighted by Crippen LogP contribution is -2.34. The van der Waals surface area contributed by atoms with Crippen molar-refractivity contribution in [1.82, 2.24) is 5.32 Å². The largest absolute Gasteiger partial charge is 0.493 e. The summed E-state index contributed by atoms with van der Waals surface area (Å²) >= 11 is 5.82. The Morgan fingerprint density at radius 1 is 1.24 bits per heavy atom. The smallest absolute Gasteiger partial charge is 0.119 e. The molecule has 1 aromatic rings. The maximum atomic E-state index is 5.82. The molecule has 0 amide bonds. The van der Waals surface area contributed by atoms with E-state index >= 15 is 0 Å². The molecule has 0 saturated heterocycles. The van der Waals surface area contributed by atoms with Gasteiger partial charge in [0.2, 0.25) is 0 Å². The van der Waals surface area contributed by atoms with Crippen LogP contribution in [0.3, 0.4) is 0 Å². The molecule has 0 radical (unpaired) electrons. The SMILES string of the molecule is CCCNCC(C)(C)COc1ccc(Cl)cc1. The molecule has 96 valence electrons. The lowest BCUT2D eigenvalue weighted by atomic mass is 9.95. The van der Waals surface area contributed by atoms with Crippen LogP contribution in [0.1, 0.15) is 27.2 Å². The first-order chi connectivity index (χ1) is 8.03. The first-order valence-electron chi connectivity index (χ1n) is 6.12. The quantitative estimate of drug-likeness (QED) is 0.750. The molecule has 1 rings (SSSR count). The summed E-state index contributed by atoms with van der Waals surface area (Å²) in [5, 5.41) is 4.16. The zero-order valence-electron chi connectivity index (χ0n) is 10.9. The van der Waals surface area contributed by atoms with Crippen LogP contribution in [0.4, 0.5) is 0 Å². The molecule has 17 heavy (non-hydrogen) atoms. The number of rotatable bonds is 7. The predicted molar refractivity (Wildman–Crippen MR) is 73.9 cm³/mol. The highest BCUT2D eigenvalue weighted by Gasteiger charge is 2.18. The topological polar surface area (TPSA) is 21.3 Å². The number of halogens is 1. The monoisotopic (exact) mass is 255 g/mol. The Labute approximate surface area is 109 Å². The Morgan fingerprint density at radius 2 is 1.88 bits per heavy atom. The van der Waals surface area contributed by atoms with Crippen molar-refractivity contribution in [3.8, 4) is 5.75 Å². The van der Waals surface area contributed by atoms with Gasteiger partial charge in [-0.1, -0.05) is 32.4 Å². The fourth-order valence-electron chi connectivity index (χ4n) is 1.46. The van der Waals surface area contributed by atoms with Gasteiger partial charge in [-0.25, -0.2) is 0 Å². The molecule has 0 unspecified atom stereocenters. The maximum Gasteiger partial charge on any atom is 0.119 e. The van der Waals surface area contributed by atoms with Crippen LogP contribution in [-0.4, -0.2) is 19.7 Å². The fourth-order valence-corrected chi connectivity index (χ4v) is 1.59. The predicted octanol–water partition coefficient (Wildman–Crippen LogP) is 3.74. The van der Waals surface area contributed by atoms with Crippen LogP contribution in [0.5, 0.6) is 5.75 Å². The van der Waals surface area contributed by atoms with Gasteiger partial charge in [-0.05, 0) is 37.2 Å². The van der Waals surface area contributed by atoms with Gasteiger partial charge < -0.3 is 10.1 Å². The first kappa shape index (κ1) is 14.3. The van der Waals surface area contributed by atoms with Crippen molar-refractivity contribution in [1.29, 1.82) is 0 Å². The summed E-state index contributed by atoms with van der Waals surface area (Å²) in [6.07, 6.45) is 1.16. The Bertz CT molecular complexity index is 321. The molecule has 0 fully saturated rings. The van der Waals surface area contributed by atoms with Crippen LogP contribution < -0.4 is 10.1 Å². The Hall–Kier alpha value is -0.730.